The van der Waals surface area contributed by atoms with Gasteiger partial charge >= 0.3 is 5.69 Å². The molecule has 3 aromatic rings. The Labute approximate surface area is 174 Å². The van der Waals surface area contributed by atoms with Gasteiger partial charge in [0.1, 0.15) is 5.82 Å². The number of hydrogen-bond donors (Lipinski definition) is 0. The minimum atomic E-state index is -0.175. The van der Waals surface area contributed by atoms with Gasteiger partial charge in [0.2, 0.25) is 5.91 Å². The van der Waals surface area contributed by atoms with Crippen LogP contribution in [-0.4, -0.2) is 38.2 Å². The van der Waals surface area contributed by atoms with E-state index < -0.39 is 0 Å². The van der Waals surface area contributed by atoms with Crippen LogP contribution in [0.1, 0.15) is 30.1 Å². The number of hydrogen-bond acceptors (Lipinski definition) is 3. The summed E-state index contributed by atoms with van der Waals surface area (Å²) in [6.45, 7) is 1.26. The largest absolute Gasteiger partial charge is 0.350 e. The van der Waals surface area contributed by atoms with Crippen LogP contribution in [0.15, 0.2) is 59.4 Å². The van der Waals surface area contributed by atoms with E-state index in [-0.39, 0.29) is 23.9 Å². The molecule has 29 heavy (non-hydrogen) atoms. The molecule has 4 rings (SSSR count). The molecule has 2 heterocycles. The summed E-state index contributed by atoms with van der Waals surface area (Å²) in [4.78, 5) is 27.5. The maximum atomic E-state index is 12.9. The molecule has 7 heteroatoms. The number of carbonyl (C=O) groups is 1. The molecule has 1 saturated heterocycles. The van der Waals surface area contributed by atoms with Gasteiger partial charge in [-0.25, -0.2) is 14.0 Å². The molecular weight excluding hydrogens is 388 g/mol. The summed E-state index contributed by atoms with van der Waals surface area (Å²) in [5, 5.41) is 5.12. The topological polar surface area (TPSA) is 60.1 Å². The molecule has 1 atom stereocenters. The number of halogens is 1. The lowest BCUT2D eigenvalue weighted by Gasteiger charge is -2.32. The summed E-state index contributed by atoms with van der Waals surface area (Å²) in [6.07, 6.45) is 2.04. The van der Waals surface area contributed by atoms with Crippen LogP contribution in [0.4, 0.5) is 0 Å². The van der Waals surface area contributed by atoms with Crippen LogP contribution in [-0.2, 0) is 18.3 Å². The molecule has 1 aliphatic heterocycles. The van der Waals surface area contributed by atoms with Crippen molar-refractivity contribution < 1.29 is 4.79 Å². The lowest BCUT2D eigenvalue weighted by molar-refractivity contribution is -0.131. The number of benzene rings is 2. The van der Waals surface area contributed by atoms with Gasteiger partial charge in [-0.2, -0.15) is 5.10 Å². The van der Waals surface area contributed by atoms with Crippen molar-refractivity contribution in [2.24, 2.45) is 7.05 Å². The first-order valence-corrected chi connectivity index (χ1v) is 10.1. The Morgan fingerprint density at radius 2 is 1.86 bits per heavy atom. The average Bonchev–Trinajstić information content (AvgIpc) is 3.05. The van der Waals surface area contributed by atoms with Gasteiger partial charge in [-0.3, -0.25) is 4.79 Å². The summed E-state index contributed by atoms with van der Waals surface area (Å²) in [5.41, 5.74) is 1.45. The van der Waals surface area contributed by atoms with Crippen molar-refractivity contribution in [2.45, 2.75) is 25.2 Å². The molecule has 1 unspecified atom stereocenters. The highest BCUT2D eigenvalue weighted by Gasteiger charge is 2.29. The van der Waals surface area contributed by atoms with Gasteiger partial charge in [0.25, 0.3) is 0 Å². The molecule has 0 N–H and O–H groups in total. The normalized spacial score (nSPS) is 16.8. The predicted molar refractivity (Wildman–Crippen MR) is 113 cm³/mol. The Kier molecular flexibility index (Phi) is 5.53. The molecule has 1 amide bonds. The molecule has 1 aromatic heterocycles. The SMILES string of the molecule is Cn1nc(C2CCCN(C(=O)Cc3ccccc3Cl)C2)n(-c2ccccc2)c1=O. The summed E-state index contributed by atoms with van der Waals surface area (Å²) in [5.74, 6) is 0.763. The number of amides is 1. The lowest BCUT2D eigenvalue weighted by atomic mass is 9.96. The molecule has 150 valence electrons. The Morgan fingerprint density at radius 1 is 1.14 bits per heavy atom. The number of likely N-dealkylation sites (tertiary alicyclic amines) is 1. The lowest BCUT2D eigenvalue weighted by Crippen LogP contribution is -2.40. The summed E-state index contributed by atoms with van der Waals surface area (Å²) in [6, 6.07) is 16.9. The van der Waals surface area contributed by atoms with Crippen molar-refractivity contribution >= 4 is 17.5 Å². The van der Waals surface area contributed by atoms with E-state index in [1.54, 1.807) is 17.7 Å². The number of nitrogens with zero attached hydrogens (tertiary/aromatic N) is 4. The van der Waals surface area contributed by atoms with Crippen molar-refractivity contribution in [2.75, 3.05) is 13.1 Å². The van der Waals surface area contributed by atoms with Gasteiger partial charge in [-0.05, 0) is 36.6 Å². The molecule has 1 fully saturated rings. The fraction of sp³-hybridized carbons (Fsp3) is 0.318. The van der Waals surface area contributed by atoms with E-state index >= 15 is 0 Å². The third-order valence-electron chi connectivity index (χ3n) is 5.40. The van der Waals surface area contributed by atoms with Crippen molar-refractivity contribution in [3.05, 3.63) is 81.5 Å². The maximum Gasteiger partial charge on any atom is 0.350 e. The standard InChI is InChI=1S/C22H23ClN4O2/c1-25-22(29)27(18-10-3-2-4-11-18)21(24-25)17-9-7-13-26(15-17)20(28)14-16-8-5-6-12-19(16)23/h2-6,8,10-12,17H,7,9,13-15H2,1H3. The smallest absolute Gasteiger partial charge is 0.342 e. The molecular formula is C22H23ClN4O2. The van der Waals surface area contributed by atoms with Crippen LogP contribution in [0.3, 0.4) is 0 Å². The molecule has 6 nitrogen and oxygen atoms in total. The highest BCUT2D eigenvalue weighted by Crippen LogP contribution is 2.27. The predicted octanol–water partition coefficient (Wildman–Crippen LogP) is 3.17. The second kappa shape index (κ2) is 8.25. The second-order valence-corrected chi connectivity index (χ2v) is 7.79. The Morgan fingerprint density at radius 3 is 2.62 bits per heavy atom. The van der Waals surface area contributed by atoms with E-state index in [1.165, 1.54) is 4.68 Å². The van der Waals surface area contributed by atoms with E-state index in [9.17, 15) is 9.59 Å². The Hall–Kier alpha value is -2.86. The zero-order valence-electron chi connectivity index (χ0n) is 16.3. The van der Waals surface area contributed by atoms with Crippen molar-refractivity contribution in [1.82, 2.24) is 19.2 Å². The molecule has 1 aliphatic rings. The van der Waals surface area contributed by atoms with Crippen molar-refractivity contribution in [1.29, 1.82) is 0 Å². The maximum absolute atomic E-state index is 12.9. The van der Waals surface area contributed by atoms with E-state index in [2.05, 4.69) is 5.10 Å². The van der Waals surface area contributed by atoms with Gasteiger partial charge in [0.05, 0.1) is 12.1 Å². The van der Waals surface area contributed by atoms with Gasteiger partial charge in [0.15, 0.2) is 0 Å². The van der Waals surface area contributed by atoms with E-state index in [4.69, 9.17) is 11.6 Å². The molecule has 2 aromatic carbocycles. The van der Waals surface area contributed by atoms with Crippen LogP contribution >= 0.6 is 11.6 Å². The zero-order valence-corrected chi connectivity index (χ0v) is 17.0. The quantitative estimate of drug-likeness (QED) is 0.663. The zero-order chi connectivity index (χ0) is 20.4. The molecule has 0 radical (unpaired) electrons. The van der Waals surface area contributed by atoms with Crippen molar-refractivity contribution in [3.63, 3.8) is 0 Å². The summed E-state index contributed by atoms with van der Waals surface area (Å²) >= 11 is 6.22. The third-order valence-corrected chi connectivity index (χ3v) is 5.77. The molecule has 0 aliphatic carbocycles. The van der Waals surface area contributed by atoms with Crippen LogP contribution in [0.5, 0.6) is 0 Å². The summed E-state index contributed by atoms with van der Waals surface area (Å²) in [7, 11) is 1.66. The first-order chi connectivity index (χ1) is 14.0. The van der Waals surface area contributed by atoms with Gasteiger partial charge in [0, 0.05) is 31.1 Å². The number of piperidine rings is 1. The fourth-order valence-electron chi connectivity index (χ4n) is 3.90. The highest BCUT2D eigenvalue weighted by molar-refractivity contribution is 6.31. The number of para-hydroxylation sites is 1. The van der Waals surface area contributed by atoms with Crippen LogP contribution < -0.4 is 5.69 Å². The van der Waals surface area contributed by atoms with E-state index in [0.29, 0.717) is 23.9 Å². The number of carbonyl (C=O) groups excluding carboxylic acids is 1. The summed E-state index contributed by atoms with van der Waals surface area (Å²) < 4.78 is 3.03. The van der Waals surface area contributed by atoms with Crippen LogP contribution in [0, 0.1) is 0 Å². The monoisotopic (exact) mass is 410 g/mol. The Balaban J connectivity index is 1.58. The first kappa shape index (κ1) is 19.5. The average molecular weight is 411 g/mol. The first-order valence-electron chi connectivity index (χ1n) is 9.77. The van der Waals surface area contributed by atoms with E-state index in [0.717, 1.165) is 24.1 Å². The second-order valence-electron chi connectivity index (χ2n) is 7.38. The number of aromatic nitrogens is 3. The van der Waals surface area contributed by atoms with Crippen LogP contribution in [0.2, 0.25) is 5.02 Å². The van der Waals surface area contributed by atoms with Crippen molar-refractivity contribution in [3.8, 4) is 5.69 Å². The van der Waals surface area contributed by atoms with Crippen LogP contribution in [0.25, 0.3) is 5.69 Å². The number of aryl methyl sites for hydroxylation is 1. The molecule has 0 spiro atoms. The van der Waals surface area contributed by atoms with Gasteiger partial charge in [-0.1, -0.05) is 48.0 Å². The molecule has 0 bridgehead atoms. The third kappa shape index (κ3) is 3.98. The number of rotatable bonds is 4. The Bertz CT molecular complexity index is 1070. The minimum Gasteiger partial charge on any atom is -0.342 e. The van der Waals surface area contributed by atoms with Gasteiger partial charge in [-0.15, -0.1) is 0 Å². The molecule has 0 saturated carbocycles. The van der Waals surface area contributed by atoms with E-state index in [1.807, 2.05) is 53.4 Å². The van der Waals surface area contributed by atoms with Gasteiger partial charge < -0.3 is 4.90 Å². The minimum absolute atomic E-state index is 0.00746. The highest BCUT2D eigenvalue weighted by atomic mass is 35.5. The fourth-order valence-corrected chi connectivity index (χ4v) is 4.10.